The van der Waals surface area contributed by atoms with Crippen molar-refractivity contribution in [1.82, 2.24) is 10.8 Å². The number of hydrogen-bond donors (Lipinski definition) is 5. The molecule has 6 N–H and O–H groups in total. The van der Waals surface area contributed by atoms with Crippen molar-refractivity contribution in [1.29, 1.82) is 0 Å². The van der Waals surface area contributed by atoms with Gasteiger partial charge in [-0.3, -0.25) is 14.8 Å². The first-order valence-corrected chi connectivity index (χ1v) is 8.47. The van der Waals surface area contributed by atoms with Gasteiger partial charge in [-0.15, -0.1) is 0 Å². The van der Waals surface area contributed by atoms with Crippen LogP contribution in [0.5, 0.6) is 0 Å². The maximum absolute atomic E-state index is 13.0. The van der Waals surface area contributed by atoms with E-state index in [1.165, 1.54) is 24.3 Å². The number of amides is 2. The van der Waals surface area contributed by atoms with Crippen LogP contribution >= 0.6 is 0 Å². The molecule has 7 nitrogen and oxygen atoms in total. The summed E-state index contributed by atoms with van der Waals surface area (Å²) < 4.78 is 39.1. The van der Waals surface area contributed by atoms with Crippen molar-refractivity contribution in [3.05, 3.63) is 65.2 Å². The summed E-state index contributed by atoms with van der Waals surface area (Å²) in [5, 5.41) is 20.2. The number of nitrogens with one attached hydrogen (secondary N) is 2. The first-order valence-electron chi connectivity index (χ1n) is 8.47. The predicted molar refractivity (Wildman–Crippen MR) is 101 cm³/mol. The molecule has 0 bridgehead atoms. The third-order valence-corrected chi connectivity index (χ3v) is 4.19. The van der Waals surface area contributed by atoms with Crippen LogP contribution in [0.15, 0.2) is 48.5 Å². The fourth-order valence-electron chi connectivity index (χ4n) is 2.32. The van der Waals surface area contributed by atoms with Crippen LogP contribution in [0.3, 0.4) is 0 Å². The van der Waals surface area contributed by atoms with Gasteiger partial charge in [0, 0.05) is 22.4 Å². The molecule has 2 rings (SSSR count). The Balaban J connectivity index is 2.18. The fraction of sp³-hybridized carbons (Fsp3) is 0.200. The van der Waals surface area contributed by atoms with Crippen LogP contribution < -0.4 is 16.5 Å². The summed E-state index contributed by atoms with van der Waals surface area (Å²) in [4.78, 5) is 23.9. The molecule has 0 aliphatic carbocycles. The number of rotatable bonds is 4. The number of alkyl halides is 3. The zero-order valence-corrected chi connectivity index (χ0v) is 15.6. The zero-order chi connectivity index (χ0) is 22.5. The summed E-state index contributed by atoms with van der Waals surface area (Å²) in [6.45, 7) is 0.309. The lowest BCUT2D eigenvalue weighted by Crippen LogP contribution is -2.64. The second-order valence-electron chi connectivity index (χ2n) is 6.48. The van der Waals surface area contributed by atoms with E-state index in [4.69, 9.17) is 10.9 Å². The van der Waals surface area contributed by atoms with E-state index in [0.717, 1.165) is 5.48 Å². The highest BCUT2D eigenvalue weighted by molar-refractivity contribution is 5.97. The molecule has 2 aromatic rings. The van der Waals surface area contributed by atoms with Crippen LogP contribution in [0.25, 0.3) is 0 Å². The number of hydroxylamine groups is 1. The third kappa shape index (κ3) is 5.28. The van der Waals surface area contributed by atoms with E-state index in [-0.39, 0.29) is 5.56 Å². The van der Waals surface area contributed by atoms with Gasteiger partial charge in [-0.1, -0.05) is 11.8 Å². The number of carbonyl (C=O) groups excluding carboxylic acids is 2. The SMILES string of the molecule is C[C@](O)([C@H](NC(=O)c1ccc(C#Cc2ccc(N)cc2)cc1)C(=O)NO)C(F)(F)F. The minimum Gasteiger partial charge on any atom is -0.399 e. The number of anilines is 1. The number of benzene rings is 2. The summed E-state index contributed by atoms with van der Waals surface area (Å²) in [5.74, 6) is 3.04. The molecule has 0 aliphatic heterocycles. The molecule has 158 valence electrons. The van der Waals surface area contributed by atoms with Gasteiger partial charge in [0.2, 0.25) is 0 Å². The van der Waals surface area contributed by atoms with Gasteiger partial charge in [-0.05, 0) is 55.5 Å². The number of hydrogen-bond acceptors (Lipinski definition) is 5. The highest BCUT2D eigenvalue weighted by atomic mass is 19.4. The molecule has 2 amide bonds. The molecule has 0 radical (unpaired) electrons. The Morgan fingerprint density at radius 3 is 1.90 bits per heavy atom. The van der Waals surface area contributed by atoms with E-state index in [1.807, 2.05) is 0 Å². The van der Waals surface area contributed by atoms with Gasteiger partial charge < -0.3 is 16.2 Å². The quantitative estimate of drug-likeness (QED) is 0.222. The van der Waals surface area contributed by atoms with Crippen molar-refractivity contribution in [2.75, 3.05) is 5.73 Å². The summed E-state index contributed by atoms with van der Waals surface area (Å²) in [6.07, 6.45) is -5.25. The van der Waals surface area contributed by atoms with Crippen molar-refractivity contribution in [2.45, 2.75) is 24.7 Å². The molecular weight excluding hydrogens is 403 g/mol. The summed E-state index contributed by atoms with van der Waals surface area (Å²) >= 11 is 0. The maximum atomic E-state index is 13.0. The highest BCUT2D eigenvalue weighted by Crippen LogP contribution is 2.33. The predicted octanol–water partition coefficient (Wildman–Crippen LogP) is 1.59. The highest BCUT2D eigenvalue weighted by Gasteiger charge is 2.58. The van der Waals surface area contributed by atoms with Crippen LogP contribution in [0.1, 0.15) is 28.4 Å². The maximum Gasteiger partial charge on any atom is 0.419 e. The van der Waals surface area contributed by atoms with Crippen molar-refractivity contribution in [2.24, 2.45) is 0 Å². The van der Waals surface area contributed by atoms with E-state index < -0.39 is 29.6 Å². The van der Waals surface area contributed by atoms with Gasteiger partial charge >= 0.3 is 6.18 Å². The Morgan fingerprint density at radius 1 is 1.00 bits per heavy atom. The third-order valence-electron chi connectivity index (χ3n) is 4.19. The summed E-state index contributed by atoms with van der Waals surface area (Å²) in [5.41, 5.74) is 4.71. The van der Waals surface area contributed by atoms with E-state index >= 15 is 0 Å². The van der Waals surface area contributed by atoms with E-state index in [9.17, 15) is 27.9 Å². The number of aliphatic hydroxyl groups is 1. The second kappa shape index (κ2) is 8.86. The molecule has 2 aromatic carbocycles. The number of halogens is 3. The van der Waals surface area contributed by atoms with Crippen LogP contribution in [-0.4, -0.2) is 39.9 Å². The normalized spacial score (nSPS) is 13.9. The number of nitrogen functional groups attached to an aromatic ring is 1. The second-order valence-corrected chi connectivity index (χ2v) is 6.48. The van der Waals surface area contributed by atoms with Gasteiger partial charge in [0.15, 0.2) is 5.60 Å². The molecule has 0 unspecified atom stereocenters. The molecule has 2 atom stereocenters. The summed E-state index contributed by atoms with van der Waals surface area (Å²) in [6, 6.07) is 9.84. The van der Waals surface area contributed by atoms with Gasteiger partial charge in [0.05, 0.1) is 0 Å². The molecule has 0 saturated carbocycles. The van der Waals surface area contributed by atoms with Gasteiger partial charge in [0.25, 0.3) is 11.8 Å². The molecule has 0 spiro atoms. The Hall–Kier alpha value is -3.55. The van der Waals surface area contributed by atoms with Crippen LogP contribution in [0.2, 0.25) is 0 Å². The zero-order valence-electron chi connectivity index (χ0n) is 15.6. The fourth-order valence-corrected chi connectivity index (χ4v) is 2.32. The van der Waals surface area contributed by atoms with Crippen LogP contribution in [0, 0.1) is 11.8 Å². The van der Waals surface area contributed by atoms with Crippen LogP contribution in [-0.2, 0) is 4.79 Å². The minimum atomic E-state index is -5.25. The molecule has 0 saturated heterocycles. The minimum absolute atomic E-state index is 0.0817. The first kappa shape index (κ1) is 22.7. The largest absolute Gasteiger partial charge is 0.419 e. The van der Waals surface area contributed by atoms with E-state index in [1.54, 1.807) is 29.6 Å². The first-order chi connectivity index (χ1) is 14.0. The molecule has 10 heteroatoms. The van der Waals surface area contributed by atoms with E-state index in [0.29, 0.717) is 23.7 Å². The lowest BCUT2D eigenvalue weighted by molar-refractivity contribution is -0.260. The molecular formula is C20H18F3N3O4. The van der Waals surface area contributed by atoms with E-state index in [2.05, 4.69) is 11.8 Å². The number of carbonyl (C=O) groups is 2. The van der Waals surface area contributed by atoms with Gasteiger partial charge in [0.1, 0.15) is 6.04 Å². The summed E-state index contributed by atoms with van der Waals surface area (Å²) in [7, 11) is 0. The smallest absolute Gasteiger partial charge is 0.399 e. The average Bonchev–Trinajstić information content (AvgIpc) is 2.70. The molecule has 0 fully saturated rings. The lowest BCUT2D eigenvalue weighted by Gasteiger charge is -2.33. The molecule has 0 aromatic heterocycles. The Morgan fingerprint density at radius 2 is 1.47 bits per heavy atom. The average molecular weight is 421 g/mol. The van der Waals surface area contributed by atoms with Crippen molar-refractivity contribution in [3.8, 4) is 11.8 Å². The molecule has 0 aliphatic rings. The van der Waals surface area contributed by atoms with Gasteiger partial charge in [-0.2, -0.15) is 13.2 Å². The molecule has 0 heterocycles. The van der Waals surface area contributed by atoms with Crippen LogP contribution in [0.4, 0.5) is 18.9 Å². The lowest BCUT2D eigenvalue weighted by atomic mass is 9.94. The van der Waals surface area contributed by atoms with Gasteiger partial charge in [-0.25, -0.2) is 5.48 Å². The Labute approximate surface area is 169 Å². The Bertz CT molecular complexity index is 976. The monoisotopic (exact) mass is 421 g/mol. The van der Waals surface area contributed by atoms with Crippen molar-refractivity contribution >= 4 is 17.5 Å². The number of nitrogens with two attached hydrogens (primary N) is 1. The Kier molecular flexibility index (Phi) is 6.71. The molecule has 30 heavy (non-hydrogen) atoms. The van der Waals surface area contributed by atoms with Crippen molar-refractivity contribution in [3.63, 3.8) is 0 Å². The standard InChI is InChI=1S/C20H18F3N3O4/c1-19(29,20(21,22)23)16(18(28)26-30)25-17(27)14-8-4-12(5-9-14)2-3-13-6-10-15(24)11-7-13/h4-11,16,29-30H,24H2,1H3,(H,25,27)(H,26,28)/t16-,19+/m1/s1. The topological polar surface area (TPSA) is 125 Å². The van der Waals surface area contributed by atoms with Crippen molar-refractivity contribution < 1.29 is 33.1 Å².